The molecular formula is C22H21NO2S. The maximum Gasteiger partial charge on any atom is 0.260 e. The first-order valence-electron chi connectivity index (χ1n) is 8.82. The highest BCUT2D eigenvalue weighted by atomic mass is 32.1. The largest absolute Gasteiger partial charge is 0.484 e. The minimum Gasteiger partial charge on any atom is -0.484 e. The van der Waals surface area contributed by atoms with Crippen molar-refractivity contribution < 1.29 is 9.53 Å². The van der Waals surface area contributed by atoms with E-state index in [0.717, 1.165) is 24.3 Å². The molecule has 0 saturated carbocycles. The van der Waals surface area contributed by atoms with E-state index in [1.54, 1.807) is 11.3 Å². The number of fused-ring (bicyclic) bond motifs is 1. The average molecular weight is 363 g/mol. The number of rotatable bonds is 4. The molecule has 0 unspecified atom stereocenters. The molecule has 3 aromatic rings. The van der Waals surface area contributed by atoms with Crippen molar-refractivity contribution in [3.05, 3.63) is 76.0 Å². The molecule has 1 aromatic heterocycles. The predicted molar refractivity (Wildman–Crippen MR) is 106 cm³/mol. The van der Waals surface area contributed by atoms with Gasteiger partial charge in [0.2, 0.25) is 0 Å². The number of carbonyl (C=O) groups excluding carboxylic acids is 1. The number of benzene rings is 2. The lowest BCUT2D eigenvalue weighted by atomic mass is 10.0. The van der Waals surface area contributed by atoms with Gasteiger partial charge in [-0.1, -0.05) is 42.0 Å². The van der Waals surface area contributed by atoms with Crippen molar-refractivity contribution in [2.75, 3.05) is 13.2 Å². The van der Waals surface area contributed by atoms with Crippen LogP contribution in [0.4, 0.5) is 0 Å². The van der Waals surface area contributed by atoms with Crippen molar-refractivity contribution in [1.29, 1.82) is 0 Å². The Morgan fingerprint density at radius 3 is 2.46 bits per heavy atom. The first-order chi connectivity index (χ1) is 12.7. The maximum absolute atomic E-state index is 12.4. The molecule has 2 heterocycles. The summed E-state index contributed by atoms with van der Waals surface area (Å²) in [7, 11) is 0. The smallest absolute Gasteiger partial charge is 0.260 e. The summed E-state index contributed by atoms with van der Waals surface area (Å²) in [6.07, 6.45) is 0.948. The van der Waals surface area contributed by atoms with E-state index in [1.165, 1.54) is 21.6 Å². The Kier molecular flexibility index (Phi) is 4.76. The van der Waals surface area contributed by atoms with Crippen molar-refractivity contribution >= 4 is 17.2 Å². The van der Waals surface area contributed by atoms with Crippen LogP contribution in [-0.2, 0) is 17.8 Å². The highest BCUT2D eigenvalue weighted by Gasteiger charge is 2.21. The van der Waals surface area contributed by atoms with E-state index >= 15 is 0 Å². The van der Waals surface area contributed by atoms with Gasteiger partial charge in [-0.05, 0) is 53.6 Å². The summed E-state index contributed by atoms with van der Waals surface area (Å²) in [5.41, 5.74) is 4.85. The van der Waals surface area contributed by atoms with E-state index in [1.807, 2.05) is 29.2 Å². The zero-order valence-corrected chi connectivity index (χ0v) is 15.6. The van der Waals surface area contributed by atoms with Gasteiger partial charge in [0, 0.05) is 18.0 Å². The Morgan fingerprint density at radius 2 is 1.73 bits per heavy atom. The number of thiophene rings is 1. The Morgan fingerprint density at radius 1 is 1.04 bits per heavy atom. The molecule has 0 saturated heterocycles. The van der Waals surface area contributed by atoms with Gasteiger partial charge in [-0.25, -0.2) is 0 Å². The molecule has 1 aliphatic heterocycles. The molecule has 26 heavy (non-hydrogen) atoms. The van der Waals surface area contributed by atoms with Gasteiger partial charge in [0.1, 0.15) is 5.75 Å². The molecule has 0 radical (unpaired) electrons. The first-order valence-corrected chi connectivity index (χ1v) is 9.70. The fraction of sp³-hybridized carbons (Fsp3) is 0.227. The van der Waals surface area contributed by atoms with Crippen LogP contribution in [0.3, 0.4) is 0 Å². The van der Waals surface area contributed by atoms with Gasteiger partial charge in [-0.2, -0.15) is 0 Å². The highest BCUT2D eigenvalue weighted by molar-refractivity contribution is 7.10. The second-order valence-electron chi connectivity index (χ2n) is 6.61. The number of hydrogen-bond acceptors (Lipinski definition) is 3. The van der Waals surface area contributed by atoms with Crippen molar-refractivity contribution in [1.82, 2.24) is 4.90 Å². The maximum atomic E-state index is 12.4. The predicted octanol–water partition coefficient (Wildman–Crippen LogP) is 4.69. The molecule has 0 spiro atoms. The third kappa shape index (κ3) is 3.65. The number of carbonyl (C=O) groups is 1. The summed E-state index contributed by atoms with van der Waals surface area (Å²) in [5.74, 6) is 0.770. The number of amides is 1. The molecule has 0 fully saturated rings. The van der Waals surface area contributed by atoms with E-state index in [9.17, 15) is 4.79 Å². The van der Waals surface area contributed by atoms with Gasteiger partial charge in [-0.3, -0.25) is 4.79 Å². The van der Waals surface area contributed by atoms with E-state index in [-0.39, 0.29) is 12.5 Å². The van der Waals surface area contributed by atoms with Crippen LogP contribution in [0.1, 0.15) is 16.0 Å². The lowest BCUT2D eigenvalue weighted by Gasteiger charge is -2.27. The van der Waals surface area contributed by atoms with Crippen molar-refractivity contribution in [3.63, 3.8) is 0 Å². The Bertz CT molecular complexity index is 897. The highest BCUT2D eigenvalue weighted by Crippen LogP contribution is 2.25. The van der Waals surface area contributed by atoms with Crippen LogP contribution in [-0.4, -0.2) is 24.0 Å². The van der Waals surface area contributed by atoms with E-state index in [0.29, 0.717) is 6.54 Å². The molecule has 3 nitrogen and oxygen atoms in total. The van der Waals surface area contributed by atoms with E-state index in [2.05, 4.69) is 42.6 Å². The molecule has 4 heteroatoms. The molecule has 0 atom stereocenters. The second kappa shape index (κ2) is 7.34. The van der Waals surface area contributed by atoms with Crippen LogP contribution in [0.5, 0.6) is 5.75 Å². The van der Waals surface area contributed by atoms with Crippen LogP contribution < -0.4 is 4.74 Å². The zero-order valence-electron chi connectivity index (χ0n) is 14.8. The minimum atomic E-state index is 0.0458. The topological polar surface area (TPSA) is 29.5 Å². The number of ether oxygens (including phenoxy) is 1. The minimum absolute atomic E-state index is 0.0458. The SMILES string of the molecule is Cc1ccc(-c2ccc(OCC(=O)N3CCc4sccc4C3)cc2)cc1. The lowest BCUT2D eigenvalue weighted by molar-refractivity contribution is -0.134. The molecule has 1 aliphatic rings. The monoisotopic (exact) mass is 363 g/mol. The Balaban J connectivity index is 1.34. The molecule has 0 N–H and O–H groups in total. The summed E-state index contributed by atoms with van der Waals surface area (Å²) in [5, 5.41) is 2.10. The third-order valence-corrected chi connectivity index (χ3v) is 5.78. The van der Waals surface area contributed by atoms with Crippen LogP contribution in [0, 0.1) is 6.92 Å². The molecule has 4 rings (SSSR count). The number of nitrogens with zero attached hydrogens (tertiary/aromatic N) is 1. The van der Waals surface area contributed by atoms with Crippen molar-refractivity contribution in [3.8, 4) is 16.9 Å². The van der Waals surface area contributed by atoms with Gasteiger partial charge >= 0.3 is 0 Å². The van der Waals surface area contributed by atoms with Gasteiger partial charge in [0.15, 0.2) is 6.61 Å². The zero-order chi connectivity index (χ0) is 17.9. The summed E-state index contributed by atoms with van der Waals surface area (Å²) >= 11 is 1.78. The first kappa shape index (κ1) is 16.9. The number of aryl methyl sites for hydroxylation is 1. The molecule has 2 aromatic carbocycles. The average Bonchev–Trinajstić information content (AvgIpc) is 3.15. The molecular weight excluding hydrogens is 342 g/mol. The molecule has 1 amide bonds. The van der Waals surface area contributed by atoms with Gasteiger partial charge in [0.05, 0.1) is 0 Å². The molecule has 132 valence electrons. The summed E-state index contributed by atoms with van der Waals surface area (Å²) < 4.78 is 5.71. The quantitative estimate of drug-likeness (QED) is 0.673. The Labute approximate surface area is 157 Å². The van der Waals surface area contributed by atoms with Crippen molar-refractivity contribution in [2.24, 2.45) is 0 Å². The molecule has 0 aliphatic carbocycles. The van der Waals surface area contributed by atoms with E-state index < -0.39 is 0 Å². The second-order valence-corrected chi connectivity index (χ2v) is 7.61. The number of hydrogen-bond donors (Lipinski definition) is 0. The van der Waals surface area contributed by atoms with Gasteiger partial charge < -0.3 is 9.64 Å². The van der Waals surface area contributed by atoms with Crippen LogP contribution in [0.15, 0.2) is 60.0 Å². The lowest BCUT2D eigenvalue weighted by Crippen LogP contribution is -2.38. The summed E-state index contributed by atoms with van der Waals surface area (Å²) in [6, 6.07) is 18.5. The van der Waals surface area contributed by atoms with Gasteiger partial charge in [-0.15, -0.1) is 11.3 Å². The van der Waals surface area contributed by atoms with E-state index in [4.69, 9.17) is 4.74 Å². The van der Waals surface area contributed by atoms with Gasteiger partial charge in [0.25, 0.3) is 5.91 Å². The third-order valence-electron chi connectivity index (χ3n) is 4.76. The summed E-state index contributed by atoms with van der Waals surface area (Å²) in [4.78, 5) is 15.7. The fourth-order valence-electron chi connectivity index (χ4n) is 3.19. The Hall–Kier alpha value is -2.59. The van der Waals surface area contributed by atoms with Crippen molar-refractivity contribution in [2.45, 2.75) is 19.9 Å². The summed E-state index contributed by atoms with van der Waals surface area (Å²) in [6.45, 7) is 3.65. The van der Waals surface area contributed by atoms with Crippen LogP contribution in [0.25, 0.3) is 11.1 Å². The molecule has 0 bridgehead atoms. The van der Waals surface area contributed by atoms with Crippen LogP contribution >= 0.6 is 11.3 Å². The fourth-order valence-corrected chi connectivity index (χ4v) is 4.08. The van der Waals surface area contributed by atoms with Crippen LogP contribution in [0.2, 0.25) is 0 Å². The standard InChI is InChI=1S/C22H21NO2S/c1-16-2-4-17(5-3-16)18-6-8-20(9-7-18)25-15-22(24)23-12-10-21-19(14-23)11-13-26-21/h2-9,11,13H,10,12,14-15H2,1H3. The normalized spacial score (nSPS) is 13.3.